The van der Waals surface area contributed by atoms with Crippen molar-refractivity contribution in [2.75, 3.05) is 13.2 Å². The third kappa shape index (κ3) is 50.2. The van der Waals surface area contributed by atoms with Gasteiger partial charge in [-0.15, -0.1) is 0 Å². The van der Waals surface area contributed by atoms with E-state index in [0.29, 0.717) is 19.3 Å². The highest BCUT2D eigenvalue weighted by Crippen LogP contribution is 2.15. The lowest BCUT2D eigenvalue weighted by atomic mass is 10.1. The van der Waals surface area contributed by atoms with Gasteiger partial charge in [-0.05, 0) is 83.5 Å². The number of carbonyl (C=O) groups is 3. The Balaban J connectivity index is 4.16. The Morgan fingerprint density at radius 1 is 0.317 bits per heavy atom. The quantitative estimate of drug-likeness (QED) is 0.0262. The number of carbonyl (C=O) groups excluding carboxylic acids is 3. The lowest BCUT2D eigenvalue weighted by molar-refractivity contribution is -0.167. The van der Waals surface area contributed by atoms with Crippen LogP contribution in [0.1, 0.15) is 278 Å². The maximum atomic E-state index is 12.7. The van der Waals surface area contributed by atoms with E-state index in [4.69, 9.17) is 14.2 Å². The van der Waals surface area contributed by atoms with E-state index in [1.165, 1.54) is 154 Å². The lowest BCUT2D eigenvalue weighted by Crippen LogP contribution is -2.30. The van der Waals surface area contributed by atoms with Gasteiger partial charge in [-0.3, -0.25) is 14.4 Å². The highest BCUT2D eigenvalue weighted by Gasteiger charge is 2.19. The first-order valence-electron chi connectivity index (χ1n) is 27.1. The van der Waals surface area contributed by atoms with Crippen LogP contribution in [0.25, 0.3) is 0 Å². The van der Waals surface area contributed by atoms with Gasteiger partial charge < -0.3 is 14.2 Å². The van der Waals surface area contributed by atoms with Gasteiger partial charge in [0.2, 0.25) is 0 Å². The number of unbranched alkanes of at least 4 members (excludes halogenated alkanes) is 30. The Kier molecular flexibility index (Phi) is 49.8. The summed E-state index contributed by atoms with van der Waals surface area (Å²) in [6.07, 6.45) is 62.6. The van der Waals surface area contributed by atoms with Gasteiger partial charge in [0.05, 0.1) is 0 Å². The molecule has 6 nitrogen and oxygen atoms in total. The van der Waals surface area contributed by atoms with Crippen molar-refractivity contribution < 1.29 is 28.6 Å². The van der Waals surface area contributed by atoms with Gasteiger partial charge in [0.1, 0.15) is 13.2 Å². The molecule has 0 aromatic rings. The van der Waals surface area contributed by atoms with E-state index >= 15 is 0 Å². The molecule has 0 aliphatic carbocycles. The second-order valence-corrected chi connectivity index (χ2v) is 18.1. The Hall–Kier alpha value is -2.63. The molecule has 0 fully saturated rings. The first kappa shape index (κ1) is 60.4. The minimum Gasteiger partial charge on any atom is -0.462 e. The summed E-state index contributed by atoms with van der Waals surface area (Å²) in [5.74, 6) is -0.887. The molecule has 63 heavy (non-hydrogen) atoms. The van der Waals surface area contributed by atoms with E-state index in [1.807, 2.05) is 0 Å². The Morgan fingerprint density at radius 3 is 0.937 bits per heavy atom. The van der Waals surface area contributed by atoms with Crippen LogP contribution in [-0.4, -0.2) is 37.2 Å². The molecule has 0 spiro atoms. The maximum Gasteiger partial charge on any atom is 0.306 e. The zero-order valence-corrected chi connectivity index (χ0v) is 41.8. The third-order valence-corrected chi connectivity index (χ3v) is 11.8. The SMILES string of the molecule is CCCCC/C=C\CCCCCCCC(=O)OC(COC(=O)CCCCCCCCCC)COC(=O)CCCCCCCCCCCC/C=C\C/C=C\C/C=C\CCCCCCC. The molecule has 1 unspecified atom stereocenters. The molecule has 0 aromatic carbocycles. The highest BCUT2D eigenvalue weighted by molar-refractivity contribution is 5.71. The molecule has 6 heteroatoms. The first-order chi connectivity index (χ1) is 31.0. The summed E-state index contributed by atoms with van der Waals surface area (Å²) in [6, 6.07) is 0. The van der Waals surface area contributed by atoms with Crippen molar-refractivity contribution in [1.29, 1.82) is 0 Å². The van der Waals surface area contributed by atoms with Gasteiger partial charge in [-0.2, -0.15) is 0 Å². The predicted octanol–water partition coefficient (Wildman–Crippen LogP) is 17.9. The molecular weight excluding hydrogens is 781 g/mol. The largest absolute Gasteiger partial charge is 0.462 e. The van der Waals surface area contributed by atoms with Gasteiger partial charge in [0.15, 0.2) is 6.10 Å². The third-order valence-electron chi connectivity index (χ3n) is 11.8. The molecule has 0 heterocycles. The van der Waals surface area contributed by atoms with Crippen molar-refractivity contribution in [2.24, 2.45) is 0 Å². The summed E-state index contributed by atoms with van der Waals surface area (Å²) in [5.41, 5.74) is 0. The number of allylic oxidation sites excluding steroid dienone is 8. The van der Waals surface area contributed by atoms with Crippen LogP contribution in [-0.2, 0) is 28.6 Å². The Labute approximate surface area is 390 Å². The normalized spacial score (nSPS) is 12.4. The summed E-state index contributed by atoms with van der Waals surface area (Å²) in [4.78, 5) is 37.8. The van der Waals surface area contributed by atoms with Crippen molar-refractivity contribution >= 4 is 17.9 Å². The molecule has 366 valence electrons. The van der Waals surface area contributed by atoms with Crippen LogP contribution in [0.5, 0.6) is 0 Å². The molecule has 0 aliphatic rings. The van der Waals surface area contributed by atoms with Crippen LogP contribution in [0.3, 0.4) is 0 Å². The van der Waals surface area contributed by atoms with Crippen molar-refractivity contribution in [2.45, 2.75) is 284 Å². The van der Waals surface area contributed by atoms with Gasteiger partial charge >= 0.3 is 17.9 Å². The van der Waals surface area contributed by atoms with Crippen LogP contribution in [0.15, 0.2) is 48.6 Å². The highest BCUT2D eigenvalue weighted by atomic mass is 16.6. The monoisotopic (exact) mass is 883 g/mol. The standard InChI is InChI=1S/C57H102O6/c1-4-7-10-13-16-19-21-23-24-25-26-27-28-29-30-31-32-33-34-35-37-38-41-44-47-50-56(59)62-53-54(52-61-55(58)49-46-43-40-18-15-12-9-6-3)63-57(60)51-48-45-42-39-36-22-20-17-14-11-8-5-2/h17,20-21,23,25-26,28-29,54H,4-16,18-19,22,24,27,30-53H2,1-3H3/b20-17-,23-21-,26-25-,29-28-. The minimum absolute atomic E-state index is 0.0759. The van der Waals surface area contributed by atoms with Crippen molar-refractivity contribution in [3.8, 4) is 0 Å². The van der Waals surface area contributed by atoms with Crippen molar-refractivity contribution in [1.82, 2.24) is 0 Å². The van der Waals surface area contributed by atoms with Crippen molar-refractivity contribution in [3.63, 3.8) is 0 Å². The molecule has 0 rings (SSSR count). The summed E-state index contributed by atoms with van der Waals surface area (Å²) in [5, 5.41) is 0. The van der Waals surface area contributed by atoms with E-state index < -0.39 is 6.10 Å². The molecule has 0 saturated heterocycles. The maximum absolute atomic E-state index is 12.7. The molecule has 0 bridgehead atoms. The average Bonchev–Trinajstić information content (AvgIpc) is 3.28. The van der Waals surface area contributed by atoms with E-state index in [0.717, 1.165) is 83.5 Å². The molecule has 0 amide bonds. The number of hydrogen-bond acceptors (Lipinski definition) is 6. The fourth-order valence-corrected chi connectivity index (χ4v) is 7.68. The zero-order chi connectivity index (χ0) is 45.8. The molecule has 1 atom stereocenters. The van der Waals surface area contributed by atoms with Gasteiger partial charge in [-0.1, -0.05) is 223 Å². The van der Waals surface area contributed by atoms with E-state index in [9.17, 15) is 14.4 Å². The van der Waals surface area contributed by atoms with E-state index in [-0.39, 0.29) is 31.1 Å². The predicted molar refractivity (Wildman–Crippen MR) is 270 cm³/mol. The van der Waals surface area contributed by atoms with Crippen LogP contribution >= 0.6 is 0 Å². The van der Waals surface area contributed by atoms with E-state index in [1.54, 1.807) is 0 Å². The van der Waals surface area contributed by atoms with Gasteiger partial charge in [0, 0.05) is 19.3 Å². The smallest absolute Gasteiger partial charge is 0.306 e. The summed E-state index contributed by atoms with van der Waals surface area (Å²) >= 11 is 0. The number of rotatable bonds is 49. The molecular formula is C57H102O6. The molecule has 0 saturated carbocycles. The molecule has 0 aliphatic heterocycles. The molecule has 0 N–H and O–H groups in total. The number of esters is 3. The fraction of sp³-hybridized carbons (Fsp3) is 0.807. The Bertz CT molecular complexity index is 1110. The topological polar surface area (TPSA) is 78.9 Å². The van der Waals surface area contributed by atoms with Gasteiger partial charge in [0.25, 0.3) is 0 Å². The number of ether oxygens (including phenoxy) is 3. The van der Waals surface area contributed by atoms with E-state index in [2.05, 4.69) is 69.4 Å². The molecule has 0 radical (unpaired) electrons. The summed E-state index contributed by atoms with van der Waals surface area (Å²) in [7, 11) is 0. The minimum atomic E-state index is -0.774. The Morgan fingerprint density at radius 2 is 0.571 bits per heavy atom. The summed E-state index contributed by atoms with van der Waals surface area (Å²) < 4.78 is 16.7. The first-order valence-corrected chi connectivity index (χ1v) is 27.1. The van der Waals surface area contributed by atoms with Crippen LogP contribution in [0, 0.1) is 0 Å². The zero-order valence-electron chi connectivity index (χ0n) is 41.8. The van der Waals surface area contributed by atoms with Crippen LogP contribution in [0.4, 0.5) is 0 Å². The second kappa shape index (κ2) is 52.0. The van der Waals surface area contributed by atoms with Crippen LogP contribution < -0.4 is 0 Å². The summed E-state index contributed by atoms with van der Waals surface area (Å²) in [6.45, 7) is 6.57. The number of hydrogen-bond donors (Lipinski definition) is 0. The van der Waals surface area contributed by atoms with Crippen LogP contribution in [0.2, 0.25) is 0 Å². The lowest BCUT2D eigenvalue weighted by Gasteiger charge is -2.18. The average molecular weight is 883 g/mol. The van der Waals surface area contributed by atoms with Crippen molar-refractivity contribution in [3.05, 3.63) is 48.6 Å². The second-order valence-electron chi connectivity index (χ2n) is 18.1. The molecule has 0 aromatic heterocycles. The fourth-order valence-electron chi connectivity index (χ4n) is 7.68. The van der Waals surface area contributed by atoms with Gasteiger partial charge in [-0.25, -0.2) is 0 Å².